The van der Waals surface area contributed by atoms with Crippen LogP contribution in [0.4, 0.5) is 17.5 Å². The van der Waals surface area contributed by atoms with E-state index in [9.17, 15) is 0 Å². The van der Waals surface area contributed by atoms with Gasteiger partial charge in [0.25, 0.3) is 0 Å². The molecule has 5 heteroatoms. The summed E-state index contributed by atoms with van der Waals surface area (Å²) in [7, 11) is 0. The van der Waals surface area contributed by atoms with Crippen molar-refractivity contribution >= 4 is 17.5 Å². The van der Waals surface area contributed by atoms with E-state index in [1.807, 2.05) is 6.07 Å². The molecule has 0 saturated carbocycles. The van der Waals surface area contributed by atoms with E-state index in [4.69, 9.17) is 0 Å². The molecule has 0 spiro atoms. The topological polar surface area (TPSA) is 53.9 Å². The van der Waals surface area contributed by atoms with Gasteiger partial charge in [-0.3, -0.25) is 0 Å². The number of rotatable bonds is 8. The van der Waals surface area contributed by atoms with Crippen LogP contribution >= 0.6 is 0 Å². The lowest BCUT2D eigenvalue weighted by Crippen LogP contribution is -2.27. The van der Waals surface area contributed by atoms with Crippen molar-refractivity contribution in [3.63, 3.8) is 0 Å². The van der Waals surface area contributed by atoms with Gasteiger partial charge < -0.3 is 10.2 Å². The molecule has 1 aromatic carbocycles. The second-order valence-corrected chi connectivity index (χ2v) is 6.00. The normalized spacial score (nSPS) is 10.8. The number of hydrogen-bond donors (Lipinski definition) is 1. The van der Waals surface area contributed by atoms with E-state index in [-0.39, 0.29) is 0 Å². The second-order valence-electron chi connectivity index (χ2n) is 6.00. The number of anilines is 3. The monoisotopic (exact) mass is 313 g/mol. The SMILES string of the molecule is CCCN(CCC)c1nncc(Nc2ccccc2C(C)C)n1. The van der Waals surface area contributed by atoms with Crippen molar-refractivity contribution in [1.82, 2.24) is 15.2 Å². The molecule has 0 fully saturated rings. The van der Waals surface area contributed by atoms with Crippen LogP contribution in [0.25, 0.3) is 0 Å². The third-order valence-corrected chi connectivity index (χ3v) is 3.66. The van der Waals surface area contributed by atoms with Crippen molar-refractivity contribution in [1.29, 1.82) is 0 Å². The lowest BCUT2D eigenvalue weighted by molar-refractivity contribution is 0.711. The average molecular weight is 313 g/mol. The van der Waals surface area contributed by atoms with Gasteiger partial charge in [0.1, 0.15) is 0 Å². The van der Waals surface area contributed by atoms with Crippen LogP contribution < -0.4 is 10.2 Å². The van der Waals surface area contributed by atoms with Gasteiger partial charge in [-0.25, -0.2) is 0 Å². The zero-order chi connectivity index (χ0) is 16.7. The molecule has 0 saturated heterocycles. The average Bonchev–Trinajstić information content (AvgIpc) is 2.55. The first-order chi connectivity index (χ1) is 11.2. The molecule has 2 rings (SSSR count). The fourth-order valence-corrected chi connectivity index (χ4v) is 2.59. The number of para-hydroxylation sites is 1. The summed E-state index contributed by atoms with van der Waals surface area (Å²) in [6.07, 6.45) is 3.81. The third-order valence-electron chi connectivity index (χ3n) is 3.66. The Bertz CT molecular complexity index is 606. The van der Waals surface area contributed by atoms with Crippen LogP contribution in [0.1, 0.15) is 52.0 Å². The minimum absolute atomic E-state index is 0.449. The molecule has 1 N–H and O–H groups in total. The number of aromatic nitrogens is 3. The summed E-state index contributed by atoms with van der Waals surface area (Å²) in [6, 6.07) is 8.31. The lowest BCUT2D eigenvalue weighted by Gasteiger charge is -2.21. The van der Waals surface area contributed by atoms with Gasteiger partial charge in [0, 0.05) is 18.8 Å². The fourth-order valence-electron chi connectivity index (χ4n) is 2.59. The van der Waals surface area contributed by atoms with E-state index in [0.29, 0.717) is 11.9 Å². The lowest BCUT2D eigenvalue weighted by atomic mass is 10.0. The molecule has 2 aromatic rings. The van der Waals surface area contributed by atoms with Crippen molar-refractivity contribution in [3.05, 3.63) is 36.0 Å². The maximum Gasteiger partial charge on any atom is 0.247 e. The van der Waals surface area contributed by atoms with Gasteiger partial charge in [-0.2, -0.15) is 10.1 Å². The maximum absolute atomic E-state index is 4.65. The Balaban J connectivity index is 2.23. The highest BCUT2D eigenvalue weighted by Crippen LogP contribution is 2.26. The Morgan fingerprint density at radius 3 is 2.43 bits per heavy atom. The van der Waals surface area contributed by atoms with Crippen LogP contribution in [0, 0.1) is 0 Å². The number of hydrogen-bond acceptors (Lipinski definition) is 5. The summed E-state index contributed by atoms with van der Waals surface area (Å²) in [4.78, 5) is 6.83. The van der Waals surface area contributed by atoms with E-state index in [2.05, 4.69) is 71.3 Å². The molecule has 0 atom stereocenters. The first-order valence-corrected chi connectivity index (χ1v) is 8.46. The van der Waals surface area contributed by atoms with Crippen molar-refractivity contribution in [3.8, 4) is 0 Å². The van der Waals surface area contributed by atoms with Crippen molar-refractivity contribution in [2.75, 3.05) is 23.3 Å². The summed E-state index contributed by atoms with van der Waals surface area (Å²) in [5.74, 6) is 1.88. The Morgan fingerprint density at radius 1 is 1.09 bits per heavy atom. The van der Waals surface area contributed by atoms with Crippen LogP contribution in [-0.2, 0) is 0 Å². The minimum atomic E-state index is 0.449. The number of nitrogens with one attached hydrogen (secondary N) is 1. The predicted octanol–water partition coefficient (Wildman–Crippen LogP) is 4.37. The number of benzene rings is 1. The van der Waals surface area contributed by atoms with Gasteiger partial charge in [0.05, 0.1) is 6.20 Å². The zero-order valence-electron chi connectivity index (χ0n) is 14.6. The molecular formula is C18H27N5. The van der Waals surface area contributed by atoms with Gasteiger partial charge in [-0.15, -0.1) is 5.10 Å². The largest absolute Gasteiger partial charge is 0.339 e. The second kappa shape index (κ2) is 8.46. The Kier molecular flexibility index (Phi) is 6.32. The summed E-state index contributed by atoms with van der Waals surface area (Å²) in [6.45, 7) is 10.6. The molecule has 0 radical (unpaired) electrons. The molecule has 5 nitrogen and oxygen atoms in total. The first-order valence-electron chi connectivity index (χ1n) is 8.46. The third kappa shape index (κ3) is 4.65. The van der Waals surface area contributed by atoms with Crippen LogP contribution in [0.15, 0.2) is 30.5 Å². The molecule has 124 valence electrons. The highest BCUT2D eigenvalue weighted by atomic mass is 15.3. The fraction of sp³-hybridized carbons (Fsp3) is 0.500. The Hall–Kier alpha value is -2.17. The molecule has 0 bridgehead atoms. The summed E-state index contributed by atoms with van der Waals surface area (Å²) < 4.78 is 0. The molecule has 0 aliphatic carbocycles. The van der Waals surface area contributed by atoms with E-state index >= 15 is 0 Å². The zero-order valence-corrected chi connectivity index (χ0v) is 14.6. The Labute approximate surface area is 139 Å². The quantitative estimate of drug-likeness (QED) is 0.784. The molecule has 0 amide bonds. The Morgan fingerprint density at radius 2 is 1.78 bits per heavy atom. The molecule has 0 unspecified atom stereocenters. The van der Waals surface area contributed by atoms with Gasteiger partial charge in [-0.1, -0.05) is 45.9 Å². The minimum Gasteiger partial charge on any atom is -0.339 e. The van der Waals surface area contributed by atoms with Crippen LogP contribution in [0.2, 0.25) is 0 Å². The molecule has 0 aliphatic rings. The van der Waals surface area contributed by atoms with E-state index < -0.39 is 0 Å². The van der Waals surface area contributed by atoms with E-state index in [1.54, 1.807) is 6.20 Å². The van der Waals surface area contributed by atoms with Gasteiger partial charge in [0.2, 0.25) is 5.95 Å². The van der Waals surface area contributed by atoms with Gasteiger partial charge >= 0.3 is 0 Å². The smallest absolute Gasteiger partial charge is 0.247 e. The van der Waals surface area contributed by atoms with Crippen LogP contribution in [0.5, 0.6) is 0 Å². The summed E-state index contributed by atoms with van der Waals surface area (Å²) in [5, 5.41) is 11.7. The van der Waals surface area contributed by atoms with Crippen molar-refractivity contribution < 1.29 is 0 Å². The van der Waals surface area contributed by atoms with Crippen molar-refractivity contribution in [2.45, 2.75) is 46.5 Å². The van der Waals surface area contributed by atoms with Crippen LogP contribution in [0.3, 0.4) is 0 Å². The van der Waals surface area contributed by atoms with Gasteiger partial charge in [0.15, 0.2) is 5.82 Å². The van der Waals surface area contributed by atoms with Crippen LogP contribution in [-0.4, -0.2) is 28.3 Å². The summed E-state index contributed by atoms with van der Waals surface area (Å²) >= 11 is 0. The molecule has 1 heterocycles. The molecule has 23 heavy (non-hydrogen) atoms. The van der Waals surface area contributed by atoms with E-state index in [1.165, 1.54) is 5.56 Å². The van der Waals surface area contributed by atoms with E-state index in [0.717, 1.165) is 37.4 Å². The number of nitrogens with zero attached hydrogens (tertiary/aromatic N) is 4. The standard InChI is InChI=1S/C18H27N5/c1-5-11-23(12-6-2)18-21-17(13-19-22-18)20-16-10-8-7-9-15(16)14(3)4/h7-10,13-14H,5-6,11-12H2,1-4H3,(H,20,21,22). The van der Waals surface area contributed by atoms with Gasteiger partial charge in [-0.05, 0) is 30.4 Å². The molecule has 0 aliphatic heterocycles. The highest BCUT2D eigenvalue weighted by Gasteiger charge is 2.11. The predicted molar refractivity (Wildman–Crippen MR) is 96.4 cm³/mol. The molecule has 1 aromatic heterocycles. The summed E-state index contributed by atoms with van der Waals surface area (Å²) in [5.41, 5.74) is 2.35. The van der Waals surface area contributed by atoms with Crippen molar-refractivity contribution in [2.24, 2.45) is 0 Å². The molecular weight excluding hydrogens is 286 g/mol. The maximum atomic E-state index is 4.65. The first kappa shape index (κ1) is 17.2. The highest BCUT2D eigenvalue weighted by molar-refractivity contribution is 5.61.